The molecule has 0 bridgehead atoms. The summed E-state index contributed by atoms with van der Waals surface area (Å²) < 4.78 is 0. The van der Waals surface area contributed by atoms with Gasteiger partial charge in [-0.1, -0.05) is 27.2 Å². The number of carbonyl (C=O) groups is 1. The van der Waals surface area contributed by atoms with Crippen LogP contribution in [-0.4, -0.2) is 39.6 Å². The van der Waals surface area contributed by atoms with Gasteiger partial charge < -0.3 is 4.90 Å². The molecule has 0 saturated carbocycles. The lowest BCUT2D eigenvalue weighted by molar-refractivity contribution is 0.0781. The monoisotopic (exact) mass is 224 g/mol. The fourth-order valence-electron chi connectivity index (χ4n) is 1.30. The van der Waals surface area contributed by atoms with Crippen molar-refractivity contribution in [3.05, 3.63) is 11.6 Å². The highest BCUT2D eigenvalue weighted by atomic mass is 16.2. The Hall–Kier alpha value is -1.39. The van der Waals surface area contributed by atoms with E-state index in [0.29, 0.717) is 0 Å². The molecule has 1 aromatic rings. The molecular formula is C11H20N4O. The number of hydrogen-bond acceptors (Lipinski definition) is 3. The van der Waals surface area contributed by atoms with Crippen molar-refractivity contribution in [3.8, 4) is 0 Å². The summed E-state index contributed by atoms with van der Waals surface area (Å²) in [5, 5.41) is 6.73. The Morgan fingerprint density at radius 3 is 2.69 bits per heavy atom. The summed E-state index contributed by atoms with van der Waals surface area (Å²) in [6.07, 6.45) is 2.08. The number of H-pyrrole nitrogens is 1. The number of unbranched alkanes of at least 4 members (excludes halogenated alkanes) is 1. The summed E-state index contributed by atoms with van der Waals surface area (Å²) >= 11 is 0. The Labute approximate surface area is 96.3 Å². The molecule has 1 rings (SSSR count). The first kappa shape index (κ1) is 12.7. The fourth-order valence-corrected chi connectivity index (χ4v) is 1.30. The van der Waals surface area contributed by atoms with Crippen molar-refractivity contribution in [1.82, 2.24) is 20.1 Å². The van der Waals surface area contributed by atoms with E-state index < -0.39 is 0 Å². The van der Waals surface area contributed by atoms with Crippen LogP contribution in [0.25, 0.3) is 0 Å². The second kappa shape index (κ2) is 5.63. The van der Waals surface area contributed by atoms with Crippen molar-refractivity contribution < 1.29 is 4.79 Å². The molecule has 0 aliphatic carbocycles. The van der Waals surface area contributed by atoms with E-state index in [-0.39, 0.29) is 17.6 Å². The summed E-state index contributed by atoms with van der Waals surface area (Å²) in [5.41, 5.74) is 0. The summed E-state index contributed by atoms with van der Waals surface area (Å²) in [6, 6.07) is 0. The molecule has 0 aliphatic heterocycles. The minimum absolute atomic E-state index is 0.114. The molecule has 0 unspecified atom stereocenters. The molecule has 0 aliphatic rings. The normalized spacial score (nSPS) is 10.8. The molecule has 0 fully saturated rings. The quantitative estimate of drug-likeness (QED) is 0.829. The van der Waals surface area contributed by atoms with Crippen molar-refractivity contribution in [2.45, 2.75) is 39.5 Å². The number of hydrogen-bond donors (Lipinski definition) is 1. The van der Waals surface area contributed by atoms with Gasteiger partial charge in [0.1, 0.15) is 5.82 Å². The molecule has 0 spiro atoms. The van der Waals surface area contributed by atoms with Crippen LogP contribution in [0.15, 0.2) is 0 Å². The Balaban J connectivity index is 2.65. The van der Waals surface area contributed by atoms with Crippen LogP contribution >= 0.6 is 0 Å². The Kier molecular flexibility index (Phi) is 4.46. The van der Waals surface area contributed by atoms with E-state index in [9.17, 15) is 4.79 Å². The van der Waals surface area contributed by atoms with Gasteiger partial charge in [0, 0.05) is 19.5 Å². The van der Waals surface area contributed by atoms with Crippen molar-refractivity contribution >= 4 is 5.91 Å². The van der Waals surface area contributed by atoms with Crippen LogP contribution in [0.4, 0.5) is 0 Å². The molecule has 1 N–H and O–H groups in total. The molecule has 90 valence electrons. The van der Waals surface area contributed by atoms with Gasteiger partial charge in [-0.2, -0.15) is 0 Å². The van der Waals surface area contributed by atoms with Gasteiger partial charge in [0.05, 0.1) is 0 Å². The number of aromatic nitrogens is 3. The molecule has 0 saturated heterocycles. The van der Waals surface area contributed by atoms with Gasteiger partial charge in [0.25, 0.3) is 5.91 Å². The standard InChI is InChI=1S/C11H20N4O/c1-5-6-7-15(4)11(16)10-12-9(8(2)3)13-14-10/h8H,5-7H2,1-4H3,(H,12,13,14). The number of rotatable bonds is 5. The number of carbonyl (C=O) groups excluding carboxylic acids is 1. The largest absolute Gasteiger partial charge is 0.339 e. The number of amides is 1. The zero-order valence-corrected chi connectivity index (χ0v) is 10.4. The topological polar surface area (TPSA) is 61.9 Å². The highest BCUT2D eigenvalue weighted by molar-refractivity contribution is 5.90. The average Bonchev–Trinajstić information content (AvgIpc) is 2.74. The predicted octanol–water partition coefficient (Wildman–Crippen LogP) is 1.80. The van der Waals surface area contributed by atoms with Crippen LogP contribution in [0.5, 0.6) is 0 Å². The average molecular weight is 224 g/mol. The summed E-state index contributed by atoms with van der Waals surface area (Å²) in [4.78, 5) is 17.7. The predicted molar refractivity (Wildman–Crippen MR) is 62.3 cm³/mol. The summed E-state index contributed by atoms with van der Waals surface area (Å²) in [6.45, 7) is 6.87. The number of aromatic amines is 1. The lowest BCUT2D eigenvalue weighted by atomic mass is 10.2. The first-order valence-electron chi connectivity index (χ1n) is 5.74. The van der Waals surface area contributed by atoms with Gasteiger partial charge >= 0.3 is 0 Å². The maximum absolute atomic E-state index is 11.9. The van der Waals surface area contributed by atoms with Crippen molar-refractivity contribution in [2.24, 2.45) is 0 Å². The van der Waals surface area contributed by atoms with Crippen LogP contribution in [0.1, 0.15) is 56.0 Å². The van der Waals surface area contributed by atoms with Crippen molar-refractivity contribution in [3.63, 3.8) is 0 Å². The van der Waals surface area contributed by atoms with Gasteiger partial charge in [-0.15, -0.1) is 5.10 Å². The lowest BCUT2D eigenvalue weighted by Gasteiger charge is -2.13. The third-order valence-electron chi connectivity index (χ3n) is 2.43. The van der Waals surface area contributed by atoms with Crippen LogP contribution in [0.3, 0.4) is 0 Å². The molecule has 0 aromatic carbocycles. The highest BCUT2D eigenvalue weighted by Crippen LogP contribution is 2.08. The zero-order valence-electron chi connectivity index (χ0n) is 10.4. The van der Waals surface area contributed by atoms with Crippen molar-refractivity contribution in [1.29, 1.82) is 0 Å². The Bertz CT molecular complexity index is 346. The van der Waals surface area contributed by atoms with E-state index in [2.05, 4.69) is 22.1 Å². The zero-order chi connectivity index (χ0) is 12.1. The van der Waals surface area contributed by atoms with Crippen molar-refractivity contribution in [2.75, 3.05) is 13.6 Å². The second-order valence-electron chi connectivity index (χ2n) is 4.28. The number of nitrogens with one attached hydrogen (secondary N) is 1. The van der Waals surface area contributed by atoms with E-state index in [1.54, 1.807) is 11.9 Å². The van der Waals surface area contributed by atoms with Crippen LogP contribution in [-0.2, 0) is 0 Å². The first-order valence-corrected chi connectivity index (χ1v) is 5.74. The summed E-state index contributed by atoms with van der Waals surface area (Å²) in [7, 11) is 1.78. The van der Waals surface area contributed by atoms with E-state index in [4.69, 9.17) is 0 Å². The van der Waals surface area contributed by atoms with E-state index in [1.807, 2.05) is 13.8 Å². The smallest absolute Gasteiger partial charge is 0.293 e. The molecule has 0 radical (unpaired) electrons. The molecule has 0 atom stereocenters. The molecule has 1 amide bonds. The van der Waals surface area contributed by atoms with E-state index in [1.165, 1.54) is 0 Å². The minimum atomic E-state index is -0.114. The maximum atomic E-state index is 11.9. The Morgan fingerprint density at radius 2 is 2.19 bits per heavy atom. The van der Waals surface area contributed by atoms with Gasteiger partial charge in [-0.3, -0.25) is 9.89 Å². The van der Waals surface area contributed by atoms with Gasteiger partial charge in [-0.05, 0) is 6.42 Å². The molecular weight excluding hydrogens is 204 g/mol. The fraction of sp³-hybridized carbons (Fsp3) is 0.727. The SMILES string of the molecule is CCCCN(C)C(=O)c1n[nH]c(C(C)C)n1. The minimum Gasteiger partial charge on any atom is -0.339 e. The van der Waals surface area contributed by atoms with Crippen LogP contribution in [0, 0.1) is 0 Å². The molecule has 1 aromatic heterocycles. The molecule has 5 nitrogen and oxygen atoms in total. The third kappa shape index (κ3) is 3.05. The van der Waals surface area contributed by atoms with Gasteiger partial charge in [0.15, 0.2) is 0 Å². The number of nitrogens with zero attached hydrogens (tertiary/aromatic N) is 3. The molecule has 16 heavy (non-hydrogen) atoms. The molecule has 1 heterocycles. The van der Waals surface area contributed by atoms with Crippen LogP contribution < -0.4 is 0 Å². The summed E-state index contributed by atoms with van der Waals surface area (Å²) in [5.74, 6) is 1.17. The van der Waals surface area contributed by atoms with E-state index in [0.717, 1.165) is 25.2 Å². The third-order valence-corrected chi connectivity index (χ3v) is 2.43. The highest BCUT2D eigenvalue weighted by Gasteiger charge is 2.17. The Morgan fingerprint density at radius 1 is 1.50 bits per heavy atom. The van der Waals surface area contributed by atoms with Gasteiger partial charge in [-0.25, -0.2) is 4.98 Å². The molecule has 5 heteroatoms. The van der Waals surface area contributed by atoms with E-state index >= 15 is 0 Å². The second-order valence-corrected chi connectivity index (χ2v) is 4.28. The lowest BCUT2D eigenvalue weighted by Crippen LogP contribution is -2.28. The van der Waals surface area contributed by atoms with Crippen LogP contribution in [0.2, 0.25) is 0 Å². The van der Waals surface area contributed by atoms with Gasteiger partial charge in [0.2, 0.25) is 5.82 Å². The maximum Gasteiger partial charge on any atom is 0.293 e. The first-order chi connectivity index (χ1) is 7.56.